The van der Waals surface area contributed by atoms with Gasteiger partial charge in [-0.05, 0) is 24.3 Å². The van der Waals surface area contributed by atoms with Crippen molar-refractivity contribution in [1.82, 2.24) is 0 Å². The molecular weight excluding hydrogens is 503 g/mol. The minimum atomic E-state index is -6.00. The minimum Gasteiger partial charge on any atom is -0.456 e. The molecule has 4 rings (SSSR count). The maximum absolute atomic E-state index is 13.4. The molecule has 0 radical (unpaired) electrons. The lowest BCUT2D eigenvalue weighted by Gasteiger charge is -2.03. The molecule has 1 heterocycles. The molecular formula is C21H13BBrClF5NO. The molecule has 0 atom stereocenters. The average Bonchev–Trinajstić information content (AvgIpc) is 2.70. The van der Waals surface area contributed by atoms with Crippen LogP contribution in [0.1, 0.15) is 0 Å². The predicted octanol–water partition coefficient (Wildman–Crippen LogP) is 6.27. The first kappa shape index (κ1) is 23.0. The molecule has 1 aromatic heterocycles. The summed E-state index contributed by atoms with van der Waals surface area (Å²) in [5, 5.41) is 1.82. The third kappa shape index (κ3) is 6.67. The Labute approximate surface area is 187 Å². The highest BCUT2D eigenvalue weighted by Gasteiger charge is 2.20. The molecule has 0 unspecified atom stereocenters. The molecule has 10 heteroatoms. The van der Waals surface area contributed by atoms with Crippen molar-refractivity contribution in [3.63, 3.8) is 0 Å². The number of halogens is 7. The Morgan fingerprint density at radius 1 is 0.871 bits per heavy atom. The molecule has 0 bridgehead atoms. The van der Waals surface area contributed by atoms with Gasteiger partial charge in [0, 0.05) is 22.2 Å². The molecule has 0 aliphatic carbocycles. The van der Waals surface area contributed by atoms with E-state index < -0.39 is 13.1 Å². The second-order valence-electron chi connectivity index (χ2n) is 6.28. The van der Waals surface area contributed by atoms with E-state index in [4.69, 9.17) is 16.0 Å². The summed E-state index contributed by atoms with van der Waals surface area (Å²) in [5.41, 5.74) is 2.41. The molecule has 0 aliphatic rings. The predicted molar refractivity (Wildman–Crippen MR) is 115 cm³/mol. The van der Waals surface area contributed by atoms with Crippen LogP contribution in [0.2, 0.25) is 5.02 Å². The van der Waals surface area contributed by atoms with Crippen molar-refractivity contribution < 1.29 is 31.1 Å². The number of fused-ring (bicyclic) bond motifs is 1. The lowest BCUT2D eigenvalue weighted by atomic mass is 10.1. The molecule has 0 saturated carbocycles. The Kier molecular flexibility index (Phi) is 7.17. The van der Waals surface area contributed by atoms with Crippen LogP contribution in [0, 0.1) is 5.82 Å². The van der Waals surface area contributed by atoms with Crippen molar-refractivity contribution in [1.29, 1.82) is 0 Å². The van der Waals surface area contributed by atoms with Crippen LogP contribution in [-0.4, -0.2) is 7.25 Å². The molecule has 160 valence electrons. The van der Waals surface area contributed by atoms with Crippen molar-refractivity contribution in [3.05, 3.63) is 93.5 Å². The molecule has 31 heavy (non-hydrogen) atoms. The summed E-state index contributed by atoms with van der Waals surface area (Å²) >= 11 is 9.41. The van der Waals surface area contributed by atoms with E-state index in [-0.39, 0.29) is 5.02 Å². The largest absolute Gasteiger partial charge is 0.673 e. The SMILES string of the molecule is F[B-](F)(F)F.Fc1ccc([NH+]=c2cc(-c3ccccc3)oc3ccc(Br)cc23)cc1Cl. The molecule has 1 N–H and O–H groups in total. The maximum Gasteiger partial charge on any atom is 0.673 e. The number of hydrogen-bond donors (Lipinski definition) is 1. The zero-order valence-corrected chi connectivity index (χ0v) is 17.9. The van der Waals surface area contributed by atoms with Gasteiger partial charge >= 0.3 is 7.25 Å². The summed E-state index contributed by atoms with van der Waals surface area (Å²) in [5.74, 6) is 0.286. The van der Waals surface area contributed by atoms with Crippen molar-refractivity contribution in [3.8, 4) is 11.3 Å². The highest BCUT2D eigenvalue weighted by atomic mass is 79.9. The molecule has 0 fully saturated rings. The smallest absolute Gasteiger partial charge is 0.456 e. The monoisotopic (exact) mass is 515 g/mol. The van der Waals surface area contributed by atoms with E-state index in [1.54, 1.807) is 12.1 Å². The number of hydrogen-bond acceptors (Lipinski definition) is 1. The van der Waals surface area contributed by atoms with Gasteiger partial charge in [0.2, 0.25) is 11.0 Å². The van der Waals surface area contributed by atoms with Gasteiger partial charge in [0.25, 0.3) is 0 Å². The summed E-state index contributed by atoms with van der Waals surface area (Å²) in [6.45, 7) is 0. The number of benzene rings is 3. The second kappa shape index (κ2) is 9.66. The zero-order valence-electron chi connectivity index (χ0n) is 15.6. The highest BCUT2D eigenvalue weighted by molar-refractivity contribution is 9.10. The summed E-state index contributed by atoms with van der Waals surface area (Å²) < 4.78 is 59.5. The Bertz CT molecular complexity index is 1270. The lowest BCUT2D eigenvalue weighted by Crippen LogP contribution is -2.70. The van der Waals surface area contributed by atoms with Crippen LogP contribution in [0.4, 0.5) is 27.3 Å². The molecule has 0 amide bonds. The molecule has 3 aromatic carbocycles. The first-order chi connectivity index (χ1) is 14.6. The van der Waals surface area contributed by atoms with Gasteiger partial charge in [-0.15, -0.1) is 0 Å². The molecule has 2 nitrogen and oxygen atoms in total. The summed E-state index contributed by atoms with van der Waals surface area (Å²) in [4.78, 5) is 3.32. The normalized spacial score (nSPS) is 11.9. The van der Waals surface area contributed by atoms with Crippen molar-refractivity contribution >= 4 is 51.4 Å². The fourth-order valence-electron chi connectivity index (χ4n) is 2.74. The zero-order chi connectivity index (χ0) is 22.6. The van der Waals surface area contributed by atoms with E-state index in [9.17, 15) is 21.7 Å². The van der Waals surface area contributed by atoms with Gasteiger partial charge in [0.05, 0.1) is 16.5 Å². The van der Waals surface area contributed by atoms with E-state index in [1.807, 2.05) is 54.6 Å². The molecule has 0 aliphatic heterocycles. The van der Waals surface area contributed by atoms with Gasteiger partial charge in [0.1, 0.15) is 17.2 Å². The quantitative estimate of drug-likeness (QED) is 0.247. The van der Waals surface area contributed by atoms with Crippen LogP contribution in [0.3, 0.4) is 0 Å². The summed E-state index contributed by atoms with van der Waals surface area (Å²) in [6.07, 6.45) is 0. The van der Waals surface area contributed by atoms with E-state index in [0.29, 0.717) is 5.69 Å². The molecule has 0 saturated heterocycles. The van der Waals surface area contributed by atoms with Crippen LogP contribution < -0.4 is 10.3 Å². The maximum atomic E-state index is 13.4. The lowest BCUT2D eigenvalue weighted by molar-refractivity contribution is -0.400. The van der Waals surface area contributed by atoms with Gasteiger partial charge in [-0.3, -0.25) is 0 Å². The molecule has 0 spiro atoms. The Morgan fingerprint density at radius 3 is 2.19 bits per heavy atom. The average molecular weight is 517 g/mol. The van der Waals surface area contributed by atoms with E-state index in [1.165, 1.54) is 6.07 Å². The van der Waals surface area contributed by atoms with Crippen LogP contribution >= 0.6 is 27.5 Å². The fraction of sp³-hybridized carbons (Fsp3) is 0. The van der Waals surface area contributed by atoms with E-state index in [0.717, 1.165) is 32.1 Å². The van der Waals surface area contributed by atoms with Gasteiger partial charge in [-0.1, -0.05) is 57.9 Å². The molecule has 4 aromatic rings. The first-order valence-corrected chi connectivity index (χ1v) is 9.98. The summed E-state index contributed by atoms with van der Waals surface area (Å²) in [6, 6.07) is 22.2. The highest BCUT2D eigenvalue weighted by Crippen LogP contribution is 2.23. The van der Waals surface area contributed by atoms with Crippen LogP contribution in [0.15, 0.2) is 81.7 Å². The van der Waals surface area contributed by atoms with Crippen molar-refractivity contribution in [2.45, 2.75) is 0 Å². The third-order valence-electron chi connectivity index (χ3n) is 3.98. The number of rotatable bonds is 2. The third-order valence-corrected chi connectivity index (χ3v) is 4.77. The van der Waals surface area contributed by atoms with Crippen molar-refractivity contribution in [2.75, 3.05) is 0 Å². The van der Waals surface area contributed by atoms with Gasteiger partial charge in [0.15, 0.2) is 0 Å². The van der Waals surface area contributed by atoms with Crippen LogP contribution in [0.5, 0.6) is 0 Å². The Hall–Kier alpha value is -2.65. The summed E-state index contributed by atoms with van der Waals surface area (Å²) in [7, 11) is -6.00. The van der Waals surface area contributed by atoms with Crippen LogP contribution in [0.25, 0.3) is 22.3 Å². The Balaban J connectivity index is 0.000000491. The van der Waals surface area contributed by atoms with Crippen LogP contribution in [-0.2, 0) is 0 Å². The van der Waals surface area contributed by atoms with Crippen molar-refractivity contribution in [2.24, 2.45) is 0 Å². The second-order valence-corrected chi connectivity index (χ2v) is 7.60. The van der Waals surface area contributed by atoms with Gasteiger partial charge < -0.3 is 21.7 Å². The standard InChI is InChI=1S/C21H12BrClFNO.BF4/c22-14-6-9-20-16(10-14)19(25-15-7-8-18(24)17(23)11-15)12-21(26-20)13-4-2-1-3-5-13;2-1(3,4)5/h1-12H;/q;-1/p+1. The topological polar surface area (TPSA) is 27.1 Å². The minimum absolute atomic E-state index is 0.0735. The fourth-order valence-corrected chi connectivity index (χ4v) is 3.28. The first-order valence-electron chi connectivity index (χ1n) is 8.81. The van der Waals surface area contributed by atoms with Gasteiger partial charge in [-0.25, -0.2) is 9.38 Å². The number of nitrogens with one attached hydrogen (secondary N) is 1. The van der Waals surface area contributed by atoms with Gasteiger partial charge in [-0.2, -0.15) is 0 Å². The van der Waals surface area contributed by atoms with E-state index >= 15 is 0 Å². The van der Waals surface area contributed by atoms with E-state index in [2.05, 4.69) is 20.9 Å². The Morgan fingerprint density at radius 2 is 1.55 bits per heavy atom.